The summed E-state index contributed by atoms with van der Waals surface area (Å²) >= 11 is 0. The van der Waals surface area contributed by atoms with E-state index < -0.39 is 0 Å². The van der Waals surface area contributed by atoms with Crippen molar-refractivity contribution in [2.45, 2.75) is 13.3 Å². The molecule has 1 N–H and O–H groups in total. The van der Waals surface area contributed by atoms with Gasteiger partial charge >= 0.3 is 6.03 Å². The summed E-state index contributed by atoms with van der Waals surface area (Å²) < 4.78 is 5.36. The van der Waals surface area contributed by atoms with Gasteiger partial charge in [0.1, 0.15) is 11.5 Å². The first-order chi connectivity index (χ1) is 6.59. The number of amides is 2. The molecule has 0 bridgehead atoms. The summed E-state index contributed by atoms with van der Waals surface area (Å²) in [7, 11) is 3.43. The summed E-state index contributed by atoms with van der Waals surface area (Å²) in [6, 6.07) is 3.77. The van der Waals surface area contributed by atoms with Gasteiger partial charge in [0.25, 0.3) is 0 Å². The Bertz CT molecular complexity index is 305. The molecule has 0 atom stereocenters. The Kier molecular flexibility index (Phi) is 3.56. The predicted octanol–water partition coefficient (Wildman–Crippen LogP) is 1.40. The van der Waals surface area contributed by atoms with E-state index >= 15 is 0 Å². The van der Waals surface area contributed by atoms with Crippen LogP contribution in [0.15, 0.2) is 16.5 Å². The largest absolute Gasteiger partial charge is 0.466 e. The second-order valence-electron chi connectivity index (χ2n) is 3.39. The Balaban J connectivity index is 2.25. The summed E-state index contributed by atoms with van der Waals surface area (Å²) in [6.07, 6.45) is 0.730. The minimum atomic E-state index is -0.0757. The van der Waals surface area contributed by atoms with E-state index in [1.807, 2.05) is 19.1 Å². The number of aryl methyl sites for hydroxylation is 1. The van der Waals surface area contributed by atoms with Crippen molar-refractivity contribution >= 4 is 6.03 Å². The van der Waals surface area contributed by atoms with Gasteiger partial charge in [0.2, 0.25) is 0 Å². The van der Waals surface area contributed by atoms with Crippen LogP contribution in [0.2, 0.25) is 0 Å². The average molecular weight is 196 g/mol. The van der Waals surface area contributed by atoms with Crippen LogP contribution < -0.4 is 5.32 Å². The van der Waals surface area contributed by atoms with Crippen molar-refractivity contribution in [3.8, 4) is 0 Å². The predicted molar refractivity (Wildman–Crippen MR) is 54.2 cm³/mol. The van der Waals surface area contributed by atoms with Crippen molar-refractivity contribution in [1.29, 1.82) is 0 Å². The van der Waals surface area contributed by atoms with Crippen molar-refractivity contribution in [3.05, 3.63) is 23.7 Å². The SMILES string of the molecule is Cc1ccc(CCNC(=O)N(C)C)o1. The Hall–Kier alpha value is -1.45. The molecule has 0 aliphatic carbocycles. The maximum Gasteiger partial charge on any atom is 0.316 e. The van der Waals surface area contributed by atoms with Crippen LogP contribution in [0.4, 0.5) is 4.79 Å². The molecule has 0 aliphatic heterocycles. The van der Waals surface area contributed by atoms with Crippen LogP contribution >= 0.6 is 0 Å². The second kappa shape index (κ2) is 4.69. The molecule has 0 aromatic carbocycles. The van der Waals surface area contributed by atoms with Crippen LogP contribution in [0.3, 0.4) is 0 Å². The molecule has 1 aromatic heterocycles. The summed E-state index contributed by atoms with van der Waals surface area (Å²) in [5.74, 6) is 1.81. The van der Waals surface area contributed by atoms with Crippen molar-refractivity contribution in [2.75, 3.05) is 20.6 Å². The molecule has 2 amide bonds. The van der Waals surface area contributed by atoms with Crippen molar-refractivity contribution in [1.82, 2.24) is 10.2 Å². The Labute approximate surface area is 83.9 Å². The summed E-state index contributed by atoms with van der Waals surface area (Å²) in [6.45, 7) is 2.51. The minimum absolute atomic E-state index is 0.0757. The second-order valence-corrected chi connectivity index (χ2v) is 3.39. The molecule has 1 heterocycles. The number of carbonyl (C=O) groups is 1. The highest BCUT2D eigenvalue weighted by atomic mass is 16.3. The van der Waals surface area contributed by atoms with Gasteiger partial charge in [-0.1, -0.05) is 0 Å². The lowest BCUT2D eigenvalue weighted by Gasteiger charge is -2.10. The molecule has 0 fully saturated rings. The van der Waals surface area contributed by atoms with Gasteiger partial charge in [-0.15, -0.1) is 0 Å². The van der Waals surface area contributed by atoms with Gasteiger partial charge in [-0.25, -0.2) is 4.79 Å². The van der Waals surface area contributed by atoms with Crippen LogP contribution in [-0.2, 0) is 6.42 Å². The van der Waals surface area contributed by atoms with Gasteiger partial charge in [-0.05, 0) is 19.1 Å². The van der Waals surface area contributed by atoms with Crippen LogP contribution in [-0.4, -0.2) is 31.6 Å². The number of urea groups is 1. The molecule has 14 heavy (non-hydrogen) atoms. The summed E-state index contributed by atoms with van der Waals surface area (Å²) in [5.41, 5.74) is 0. The van der Waals surface area contributed by atoms with Crippen molar-refractivity contribution in [2.24, 2.45) is 0 Å². The highest BCUT2D eigenvalue weighted by molar-refractivity contribution is 5.73. The number of rotatable bonds is 3. The minimum Gasteiger partial charge on any atom is -0.466 e. The third-order valence-electron chi connectivity index (χ3n) is 1.85. The summed E-state index contributed by atoms with van der Waals surface area (Å²) in [5, 5.41) is 2.77. The Morgan fingerprint density at radius 1 is 1.50 bits per heavy atom. The lowest BCUT2D eigenvalue weighted by atomic mass is 10.3. The number of carbonyl (C=O) groups excluding carboxylic acids is 1. The fourth-order valence-corrected chi connectivity index (χ4v) is 1.07. The maximum atomic E-state index is 11.1. The number of hydrogen-bond acceptors (Lipinski definition) is 2. The van der Waals surface area contributed by atoms with Gasteiger partial charge in [0, 0.05) is 27.1 Å². The zero-order chi connectivity index (χ0) is 10.6. The molecule has 0 saturated heterocycles. The van der Waals surface area contributed by atoms with Crippen LogP contribution in [0, 0.1) is 6.92 Å². The zero-order valence-electron chi connectivity index (χ0n) is 8.83. The van der Waals surface area contributed by atoms with Gasteiger partial charge in [-0.3, -0.25) is 0 Å². The van der Waals surface area contributed by atoms with Gasteiger partial charge < -0.3 is 14.6 Å². The molecule has 1 aromatic rings. The Morgan fingerprint density at radius 3 is 2.71 bits per heavy atom. The fourth-order valence-electron chi connectivity index (χ4n) is 1.07. The lowest BCUT2D eigenvalue weighted by Crippen LogP contribution is -2.35. The van der Waals surface area contributed by atoms with Gasteiger partial charge in [0.15, 0.2) is 0 Å². The van der Waals surface area contributed by atoms with E-state index in [0.29, 0.717) is 6.54 Å². The monoisotopic (exact) mass is 196 g/mol. The third-order valence-corrected chi connectivity index (χ3v) is 1.85. The molecule has 4 heteroatoms. The third kappa shape index (κ3) is 3.12. The van der Waals surface area contributed by atoms with E-state index in [1.165, 1.54) is 4.90 Å². The van der Waals surface area contributed by atoms with Crippen molar-refractivity contribution in [3.63, 3.8) is 0 Å². The normalized spacial score (nSPS) is 9.93. The van der Waals surface area contributed by atoms with Gasteiger partial charge in [-0.2, -0.15) is 0 Å². The number of hydrogen-bond donors (Lipinski definition) is 1. The van der Waals surface area contributed by atoms with Crippen molar-refractivity contribution < 1.29 is 9.21 Å². The first-order valence-corrected chi connectivity index (χ1v) is 4.60. The molecule has 78 valence electrons. The molecule has 4 nitrogen and oxygen atoms in total. The van der Waals surface area contributed by atoms with E-state index in [0.717, 1.165) is 17.9 Å². The first kappa shape index (κ1) is 10.6. The molecule has 1 rings (SSSR count). The number of nitrogens with one attached hydrogen (secondary N) is 1. The summed E-state index contributed by atoms with van der Waals surface area (Å²) in [4.78, 5) is 12.6. The highest BCUT2D eigenvalue weighted by Crippen LogP contribution is 2.05. The molecule has 0 aliphatic rings. The molecular formula is C10H16N2O2. The standard InChI is InChI=1S/C10H16N2O2/c1-8-4-5-9(14-8)6-7-11-10(13)12(2)3/h4-5H,6-7H2,1-3H3,(H,11,13). The fraction of sp³-hybridized carbons (Fsp3) is 0.500. The van der Waals surface area contributed by atoms with Crippen LogP contribution in [0.1, 0.15) is 11.5 Å². The van der Waals surface area contributed by atoms with Gasteiger partial charge in [0.05, 0.1) is 0 Å². The van der Waals surface area contributed by atoms with E-state index in [9.17, 15) is 4.79 Å². The van der Waals surface area contributed by atoms with Crippen LogP contribution in [0.5, 0.6) is 0 Å². The molecule has 0 unspecified atom stereocenters. The van der Waals surface area contributed by atoms with Crippen LogP contribution in [0.25, 0.3) is 0 Å². The topological polar surface area (TPSA) is 45.5 Å². The quantitative estimate of drug-likeness (QED) is 0.794. The van der Waals surface area contributed by atoms with E-state index in [2.05, 4.69) is 5.32 Å². The highest BCUT2D eigenvalue weighted by Gasteiger charge is 2.03. The number of nitrogens with zero attached hydrogens (tertiary/aromatic N) is 1. The van der Waals surface area contributed by atoms with E-state index in [4.69, 9.17) is 4.42 Å². The smallest absolute Gasteiger partial charge is 0.316 e. The first-order valence-electron chi connectivity index (χ1n) is 4.60. The molecule has 0 radical (unpaired) electrons. The molecule has 0 spiro atoms. The molecular weight excluding hydrogens is 180 g/mol. The molecule has 0 saturated carbocycles. The Morgan fingerprint density at radius 2 is 2.21 bits per heavy atom. The maximum absolute atomic E-state index is 11.1. The number of furan rings is 1. The lowest BCUT2D eigenvalue weighted by molar-refractivity contribution is 0.217. The van der Waals surface area contributed by atoms with E-state index in [1.54, 1.807) is 14.1 Å². The average Bonchev–Trinajstić information content (AvgIpc) is 2.51. The van der Waals surface area contributed by atoms with E-state index in [-0.39, 0.29) is 6.03 Å². The zero-order valence-corrected chi connectivity index (χ0v) is 8.83.